The highest BCUT2D eigenvalue weighted by atomic mass is 79.9. The highest BCUT2D eigenvalue weighted by Crippen LogP contribution is 2.27. The second kappa shape index (κ2) is 5.14. The van der Waals surface area contributed by atoms with E-state index >= 15 is 0 Å². The molecule has 1 rings (SSSR count). The third-order valence-electron chi connectivity index (χ3n) is 2.02. The summed E-state index contributed by atoms with van der Waals surface area (Å²) in [7, 11) is 3.03. The van der Waals surface area contributed by atoms with Crippen molar-refractivity contribution in [2.45, 2.75) is 6.61 Å². The number of hydrogen-bond acceptors (Lipinski definition) is 3. The summed E-state index contributed by atoms with van der Waals surface area (Å²) in [5, 5.41) is 11.7. The minimum Gasteiger partial charge on any atom is -0.496 e. The molecule has 15 heavy (non-hydrogen) atoms. The Labute approximate surface area is 96.4 Å². The van der Waals surface area contributed by atoms with Gasteiger partial charge in [0.25, 0.3) is 5.91 Å². The van der Waals surface area contributed by atoms with E-state index < -0.39 is 0 Å². The number of nitrogens with one attached hydrogen (secondary N) is 1. The van der Waals surface area contributed by atoms with Gasteiger partial charge in [0, 0.05) is 22.6 Å². The lowest BCUT2D eigenvalue weighted by atomic mass is 10.1. The monoisotopic (exact) mass is 273 g/mol. The van der Waals surface area contributed by atoms with E-state index in [1.165, 1.54) is 14.2 Å². The Hall–Kier alpha value is -1.07. The number of amides is 1. The van der Waals surface area contributed by atoms with Gasteiger partial charge in [0.05, 0.1) is 13.7 Å². The number of hydrogen-bond donors (Lipinski definition) is 2. The number of carbonyl (C=O) groups excluding carboxylic acids is 1. The minimum atomic E-state index is -0.251. The van der Waals surface area contributed by atoms with E-state index in [1.807, 2.05) is 0 Å². The molecule has 0 aliphatic carbocycles. The summed E-state index contributed by atoms with van der Waals surface area (Å²) in [6, 6.07) is 3.35. The van der Waals surface area contributed by atoms with Crippen molar-refractivity contribution in [3.8, 4) is 5.75 Å². The standard InChI is InChI=1S/C10H12BrNO3/c1-12-10(14)7-3-6(11)4-9(15-2)8(7)5-13/h3-4,13H,5H2,1-2H3,(H,12,14). The van der Waals surface area contributed by atoms with Crippen LogP contribution in [0.15, 0.2) is 16.6 Å². The molecule has 0 saturated heterocycles. The molecule has 1 aromatic rings. The molecule has 0 atom stereocenters. The zero-order valence-electron chi connectivity index (χ0n) is 8.50. The Morgan fingerprint density at radius 3 is 2.73 bits per heavy atom. The van der Waals surface area contributed by atoms with Crippen molar-refractivity contribution in [3.05, 3.63) is 27.7 Å². The van der Waals surface area contributed by atoms with Crippen LogP contribution in [0, 0.1) is 0 Å². The van der Waals surface area contributed by atoms with Crippen molar-refractivity contribution in [1.29, 1.82) is 0 Å². The van der Waals surface area contributed by atoms with Gasteiger partial charge in [0.2, 0.25) is 0 Å². The maximum absolute atomic E-state index is 11.5. The third-order valence-corrected chi connectivity index (χ3v) is 2.48. The first kappa shape index (κ1) is 12.0. The minimum absolute atomic E-state index is 0.237. The van der Waals surface area contributed by atoms with E-state index in [9.17, 15) is 9.90 Å². The van der Waals surface area contributed by atoms with E-state index in [4.69, 9.17) is 4.74 Å². The summed E-state index contributed by atoms with van der Waals surface area (Å²) in [6.07, 6.45) is 0. The lowest BCUT2D eigenvalue weighted by Gasteiger charge is -2.11. The molecule has 0 aromatic heterocycles. The van der Waals surface area contributed by atoms with E-state index in [1.54, 1.807) is 12.1 Å². The van der Waals surface area contributed by atoms with Crippen LogP contribution in [0.5, 0.6) is 5.75 Å². The predicted octanol–water partition coefficient (Wildman–Crippen LogP) is 1.31. The van der Waals surface area contributed by atoms with Crippen molar-refractivity contribution in [3.63, 3.8) is 0 Å². The normalized spacial score (nSPS) is 9.87. The summed E-state index contributed by atoms with van der Waals surface area (Å²) in [5.74, 6) is 0.240. The van der Waals surface area contributed by atoms with Crippen molar-refractivity contribution in [2.24, 2.45) is 0 Å². The summed E-state index contributed by atoms with van der Waals surface area (Å²) in [6.45, 7) is -0.237. The van der Waals surface area contributed by atoms with Crippen LogP contribution in [0.4, 0.5) is 0 Å². The predicted molar refractivity (Wildman–Crippen MR) is 60.0 cm³/mol. The van der Waals surface area contributed by atoms with Gasteiger partial charge in [0.15, 0.2) is 0 Å². The van der Waals surface area contributed by atoms with E-state index in [0.717, 1.165) is 4.47 Å². The van der Waals surface area contributed by atoms with E-state index in [-0.39, 0.29) is 12.5 Å². The Balaban J connectivity index is 3.35. The molecular formula is C10H12BrNO3. The molecule has 0 spiro atoms. The Kier molecular flexibility index (Phi) is 4.11. The van der Waals surface area contributed by atoms with Gasteiger partial charge in [-0.2, -0.15) is 0 Å². The number of aliphatic hydroxyl groups excluding tert-OH is 1. The van der Waals surface area contributed by atoms with Crippen LogP contribution in [0.3, 0.4) is 0 Å². The molecule has 1 amide bonds. The molecule has 4 nitrogen and oxygen atoms in total. The van der Waals surface area contributed by atoms with Crippen LogP contribution >= 0.6 is 15.9 Å². The molecule has 0 aliphatic rings. The van der Waals surface area contributed by atoms with Gasteiger partial charge >= 0.3 is 0 Å². The molecular weight excluding hydrogens is 262 g/mol. The molecule has 0 saturated carbocycles. The molecule has 0 radical (unpaired) electrons. The number of methoxy groups -OCH3 is 1. The maximum atomic E-state index is 11.5. The Morgan fingerprint density at radius 1 is 1.60 bits per heavy atom. The topological polar surface area (TPSA) is 58.6 Å². The molecule has 0 heterocycles. The first-order valence-corrected chi connectivity index (χ1v) is 5.12. The first-order valence-electron chi connectivity index (χ1n) is 4.33. The second-order valence-electron chi connectivity index (χ2n) is 2.87. The van der Waals surface area contributed by atoms with Crippen molar-refractivity contribution in [1.82, 2.24) is 5.32 Å². The quantitative estimate of drug-likeness (QED) is 0.873. The van der Waals surface area contributed by atoms with Crippen LogP contribution in [-0.2, 0) is 6.61 Å². The fourth-order valence-corrected chi connectivity index (χ4v) is 1.73. The zero-order valence-corrected chi connectivity index (χ0v) is 10.1. The molecule has 0 unspecified atom stereocenters. The average molecular weight is 274 g/mol. The van der Waals surface area contributed by atoms with Gasteiger partial charge in [-0.05, 0) is 12.1 Å². The number of halogens is 1. The highest BCUT2D eigenvalue weighted by molar-refractivity contribution is 9.10. The summed E-state index contributed by atoms with van der Waals surface area (Å²) in [5.41, 5.74) is 0.895. The Bertz CT molecular complexity index is 379. The summed E-state index contributed by atoms with van der Waals surface area (Å²) >= 11 is 3.27. The van der Waals surface area contributed by atoms with Crippen LogP contribution in [0.1, 0.15) is 15.9 Å². The average Bonchev–Trinajstić information content (AvgIpc) is 2.26. The third kappa shape index (κ3) is 2.49. The fraction of sp³-hybridized carbons (Fsp3) is 0.300. The molecule has 2 N–H and O–H groups in total. The highest BCUT2D eigenvalue weighted by Gasteiger charge is 2.15. The SMILES string of the molecule is CNC(=O)c1cc(Br)cc(OC)c1CO. The van der Waals surface area contributed by atoms with Crippen molar-refractivity contribution < 1.29 is 14.6 Å². The van der Waals surface area contributed by atoms with E-state index in [2.05, 4.69) is 21.2 Å². The van der Waals surface area contributed by atoms with Gasteiger partial charge in [-0.25, -0.2) is 0 Å². The Morgan fingerprint density at radius 2 is 2.27 bits per heavy atom. The second-order valence-corrected chi connectivity index (χ2v) is 3.79. The van der Waals surface area contributed by atoms with Crippen molar-refractivity contribution in [2.75, 3.05) is 14.2 Å². The molecule has 82 valence electrons. The van der Waals surface area contributed by atoms with Gasteiger partial charge in [0.1, 0.15) is 5.75 Å². The van der Waals surface area contributed by atoms with Gasteiger partial charge in [-0.1, -0.05) is 15.9 Å². The molecule has 0 bridgehead atoms. The van der Waals surface area contributed by atoms with Crippen LogP contribution in [0.25, 0.3) is 0 Å². The lowest BCUT2D eigenvalue weighted by molar-refractivity contribution is 0.0959. The largest absolute Gasteiger partial charge is 0.496 e. The lowest BCUT2D eigenvalue weighted by Crippen LogP contribution is -2.20. The van der Waals surface area contributed by atoms with E-state index in [0.29, 0.717) is 16.9 Å². The van der Waals surface area contributed by atoms with Crippen LogP contribution in [0.2, 0.25) is 0 Å². The molecule has 5 heteroatoms. The number of rotatable bonds is 3. The molecule has 1 aromatic carbocycles. The molecule has 0 fully saturated rings. The van der Waals surface area contributed by atoms with Crippen LogP contribution < -0.4 is 10.1 Å². The first-order chi connectivity index (χ1) is 7.13. The number of ether oxygens (including phenoxy) is 1. The molecule has 0 aliphatic heterocycles. The van der Waals surface area contributed by atoms with Crippen LogP contribution in [-0.4, -0.2) is 25.2 Å². The van der Waals surface area contributed by atoms with Gasteiger partial charge < -0.3 is 15.2 Å². The fourth-order valence-electron chi connectivity index (χ4n) is 1.29. The smallest absolute Gasteiger partial charge is 0.251 e. The van der Waals surface area contributed by atoms with Crippen molar-refractivity contribution >= 4 is 21.8 Å². The number of benzene rings is 1. The maximum Gasteiger partial charge on any atom is 0.251 e. The van der Waals surface area contributed by atoms with Gasteiger partial charge in [-0.3, -0.25) is 4.79 Å². The number of carbonyl (C=O) groups is 1. The number of aliphatic hydroxyl groups is 1. The summed E-state index contributed by atoms with van der Waals surface area (Å²) < 4.78 is 5.81. The summed E-state index contributed by atoms with van der Waals surface area (Å²) in [4.78, 5) is 11.5. The zero-order chi connectivity index (χ0) is 11.4. The van der Waals surface area contributed by atoms with Gasteiger partial charge in [-0.15, -0.1) is 0 Å².